The summed E-state index contributed by atoms with van der Waals surface area (Å²) in [5, 5.41) is 11.9. The van der Waals surface area contributed by atoms with E-state index in [1.807, 2.05) is 0 Å². The number of nitrogens with zero attached hydrogens (tertiary/aromatic N) is 2. The van der Waals surface area contributed by atoms with Gasteiger partial charge in [-0.1, -0.05) is 78.4 Å². The number of ether oxygens (including phenoxy) is 1. The Balaban J connectivity index is 1.16. The van der Waals surface area contributed by atoms with Crippen molar-refractivity contribution in [3.05, 3.63) is 11.6 Å². The maximum absolute atomic E-state index is 12.8. The van der Waals surface area contributed by atoms with Crippen molar-refractivity contribution in [3.8, 4) is 6.07 Å². The minimum atomic E-state index is -1.18. The fourth-order valence-corrected chi connectivity index (χ4v) is 12.8. The van der Waals surface area contributed by atoms with Crippen LogP contribution in [0.2, 0.25) is 0 Å². The SMILES string of the molecule is CC(C)CCCC(C)C1CCC2C3CC=C4CC(OC(=O)NCCCCCCOP(OCCC#N)N(C(C)C)C(C)C)CCC4(C)C3CCC12C. The monoisotopic (exact) mass is 730 g/mol. The van der Waals surface area contributed by atoms with Gasteiger partial charge in [0, 0.05) is 25.0 Å². The lowest BCUT2D eigenvalue weighted by Crippen LogP contribution is -2.51. The quantitative estimate of drug-likeness (QED) is 0.0763. The summed E-state index contributed by atoms with van der Waals surface area (Å²) in [6.45, 7) is 22.9. The van der Waals surface area contributed by atoms with Gasteiger partial charge in [-0.05, 0) is 132 Å². The second-order valence-corrected chi connectivity index (χ2v) is 19.7. The maximum atomic E-state index is 12.8. The zero-order chi connectivity index (χ0) is 37.2. The molecule has 0 saturated heterocycles. The number of hydrogen-bond donors (Lipinski definition) is 1. The molecular weight excluding hydrogens is 653 g/mol. The van der Waals surface area contributed by atoms with Gasteiger partial charge in [0.2, 0.25) is 0 Å². The standard InChI is InChI=1S/C43H76N3O4P/c1-31(2)16-14-17-34(7)38-20-21-39-37-19-18-35-30-36(22-24-42(35,8)40(37)23-25-43(38,39)9)50-41(47)45-27-12-10-11-13-28-48-51(49-29-15-26-44)46(32(3)4)33(5)6/h18,31-34,36-40H,10-17,19-25,27-30H2,1-9H3,(H,45,47). The number of hydrogen-bond acceptors (Lipinski definition) is 6. The topological polar surface area (TPSA) is 83.8 Å². The van der Waals surface area contributed by atoms with Crippen LogP contribution in [-0.2, 0) is 13.8 Å². The molecule has 3 fully saturated rings. The van der Waals surface area contributed by atoms with Gasteiger partial charge in [-0.25, -0.2) is 9.46 Å². The van der Waals surface area contributed by atoms with E-state index in [4.69, 9.17) is 19.0 Å². The van der Waals surface area contributed by atoms with Gasteiger partial charge in [-0.2, -0.15) is 5.26 Å². The van der Waals surface area contributed by atoms with Crippen LogP contribution in [0.3, 0.4) is 0 Å². The summed E-state index contributed by atoms with van der Waals surface area (Å²) in [6, 6.07) is 2.77. The molecule has 1 amide bonds. The Morgan fingerprint density at radius 2 is 1.65 bits per heavy atom. The van der Waals surface area contributed by atoms with Gasteiger partial charge in [0.05, 0.1) is 25.7 Å². The number of fused-ring (bicyclic) bond motifs is 5. The third kappa shape index (κ3) is 11.0. The molecule has 4 aliphatic carbocycles. The van der Waals surface area contributed by atoms with Crippen molar-refractivity contribution in [2.45, 2.75) is 183 Å². The molecule has 1 N–H and O–H groups in total. The molecule has 0 aromatic heterocycles. The van der Waals surface area contributed by atoms with Crippen molar-refractivity contribution in [1.29, 1.82) is 5.26 Å². The normalized spacial score (nSPS) is 31.5. The van der Waals surface area contributed by atoms with Crippen LogP contribution in [0.4, 0.5) is 4.79 Å². The number of unbranched alkanes of at least 4 members (excludes halogenated alkanes) is 3. The highest BCUT2D eigenvalue weighted by molar-refractivity contribution is 7.44. The predicted molar refractivity (Wildman–Crippen MR) is 211 cm³/mol. The van der Waals surface area contributed by atoms with Crippen molar-refractivity contribution < 1.29 is 18.6 Å². The molecular formula is C43H76N3O4P. The molecule has 0 aromatic rings. The molecule has 0 aliphatic heterocycles. The summed E-state index contributed by atoms with van der Waals surface area (Å²) < 4.78 is 20.5. The molecule has 292 valence electrons. The van der Waals surface area contributed by atoms with Gasteiger partial charge < -0.3 is 19.1 Å². The number of nitriles is 1. The number of allylic oxidation sites excluding steroid dienone is 1. The average Bonchev–Trinajstić information content (AvgIpc) is 3.43. The number of nitrogens with one attached hydrogen (secondary N) is 1. The first-order valence-electron chi connectivity index (χ1n) is 21.2. The maximum Gasteiger partial charge on any atom is 0.407 e. The van der Waals surface area contributed by atoms with E-state index in [2.05, 4.69) is 84.4 Å². The van der Waals surface area contributed by atoms with Crippen LogP contribution < -0.4 is 5.32 Å². The van der Waals surface area contributed by atoms with Crippen LogP contribution in [0.15, 0.2) is 11.6 Å². The first kappa shape index (κ1) is 42.6. The van der Waals surface area contributed by atoms with Crippen molar-refractivity contribution >= 4 is 14.6 Å². The van der Waals surface area contributed by atoms with E-state index in [1.54, 1.807) is 5.57 Å². The highest BCUT2D eigenvalue weighted by Crippen LogP contribution is 2.67. The van der Waals surface area contributed by atoms with E-state index in [-0.39, 0.29) is 17.6 Å². The van der Waals surface area contributed by atoms with E-state index in [0.717, 1.165) is 80.5 Å². The van der Waals surface area contributed by atoms with Gasteiger partial charge in [0.1, 0.15) is 6.10 Å². The first-order chi connectivity index (χ1) is 24.3. The predicted octanol–water partition coefficient (Wildman–Crippen LogP) is 12.0. The Bertz CT molecular complexity index is 1150. The molecule has 51 heavy (non-hydrogen) atoms. The van der Waals surface area contributed by atoms with Crippen LogP contribution in [0.25, 0.3) is 0 Å². The van der Waals surface area contributed by atoms with Crippen molar-refractivity contribution in [1.82, 2.24) is 9.99 Å². The van der Waals surface area contributed by atoms with Crippen LogP contribution in [-0.4, -0.2) is 48.7 Å². The molecule has 9 unspecified atom stereocenters. The average molecular weight is 730 g/mol. The Labute approximate surface area is 314 Å². The molecule has 0 heterocycles. The Hall–Kier alpha value is -1.19. The molecule has 7 nitrogen and oxygen atoms in total. The molecule has 0 radical (unpaired) electrons. The second-order valence-electron chi connectivity index (χ2n) is 18.3. The number of rotatable bonds is 20. The minimum absolute atomic E-state index is 0.00376. The van der Waals surface area contributed by atoms with Gasteiger partial charge in [0.25, 0.3) is 8.53 Å². The van der Waals surface area contributed by atoms with E-state index >= 15 is 0 Å². The summed E-state index contributed by atoms with van der Waals surface area (Å²) in [4.78, 5) is 12.8. The third-order valence-electron chi connectivity index (χ3n) is 13.7. The number of amides is 1. The number of carbonyl (C=O) groups is 1. The fraction of sp³-hybridized carbons (Fsp3) is 0.907. The molecule has 0 spiro atoms. The summed E-state index contributed by atoms with van der Waals surface area (Å²) in [5.41, 5.74) is 2.38. The van der Waals surface area contributed by atoms with Gasteiger partial charge in [0.15, 0.2) is 0 Å². The van der Waals surface area contributed by atoms with Crippen LogP contribution >= 0.6 is 8.53 Å². The summed E-state index contributed by atoms with van der Waals surface area (Å²) in [7, 11) is -1.18. The summed E-state index contributed by atoms with van der Waals surface area (Å²) in [5.74, 6) is 5.07. The highest BCUT2D eigenvalue weighted by atomic mass is 31.2. The Kier molecular flexibility index (Phi) is 16.6. The molecule has 8 heteroatoms. The van der Waals surface area contributed by atoms with Crippen molar-refractivity contribution in [2.75, 3.05) is 19.8 Å². The van der Waals surface area contributed by atoms with Crippen LogP contribution in [0.1, 0.15) is 165 Å². The largest absolute Gasteiger partial charge is 0.446 e. The van der Waals surface area contributed by atoms with E-state index < -0.39 is 8.53 Å². The van der Waals surface area contributed by atoms with Gasteiger partial charge in [-0.15, -0.1) is 0 Å². The van der Waals surface area contributed by atoms with E-state index in [0.29, 0.717) is 43.7 Å². The third-order valence-corrected chi connectivity index (χ3v) is 15.8. The summed E-state index contributed by atoms with van der Waals surface area (Å²) in [6.07, 6.45) is 20.8. The zero-order valence-corrected chi connectivity index (χ0v) is 35.1. The van der Waals surface area contributed by atoms with Crippen molar-refractivity contribution in [2.24, 2.45) is 46.3 Å². The van der Waals surface area contributed by atoms with Crippen LogP contribution in [0.5, 0.6) is 0 Å². The highest BCUT2D eigenvalue weighted by Gasteiger charge is 2.59. The minimum Gasteiger partial charge on any atom is -0.446 e. The molecule has 9 atom stereocenters. The van der Waals surface area contributed by atoms with Gasteiger partial charge in [-0.3, -0.25) is 0 Å². The lowest BCUT2D eigenvalue weighted by molar-refractivity contribution is -0.0581. The Morgan fingerprint density at radius 3 is 2.35 bits per heavy atom. The zero-order valence-electron chi connectivity index (χ0n) is 34.2. The number of alkyl carbamates (subject to hydrolysis) is 1. The second kappa shape index (κ2) is 19.9. The fourth-order valence-electron chi connectivity index (χ4n) is 11.2. The lowest BCUT2D eigenvalue weighted by atomic mass is 9.47. The van der Waals surface area contributed by atoms with Gasteiger partial charge >= 0.3 is 6.09 Å². The molecule has 3 saturated carbocycles. The van der Waals surface area contributed by atoms with Crippen LogP contribution in [0, 0.1) is 57.7 Å². The Morgan fingerprint density at radius 1 is 0.922 bits per heavy atom. The van der Waals surface area contributed by atoms with Crippen molar-refractivity contribution in [3.63, 3.8) is 0 Å². The first-order valence-corrected chi connectivity index (χ1v) is 22.3. The molecule has 4 rings (SSSR count). The lowest BCUT2D eigenvalue weighted by Gasteiger charge is -2.58. The number of carbonyl (C=O) groups excluding carboxylic acids is 1. The van der Waals surface area contributed by atoms with E-state index in [9.17, 15) is 4.79 Å². The van der Waals surface area contributed by atoms with E-state index in [1.165, 1.54) is 51.4 Å². The molecule has 4 aliphatic rings. The molecule has 0 bridgehead atoms. The molecule has 0 aromatic carbocycles. The smallest absolute Gasteiger partial charge is 0.407 e. The summed E-state index contributed by atoms with van der Waals surface area (Å²) >= 11 is 0.